The zero-order valence-corrected chi connectivity index (χ0v) is 17.9. The molecule has 162 valence electrons. The number of aliphatic hydroxyl groups excluding tert-OH is 3. The molecule has 2 heterocycles. The first-order valence-electron chi connectivity index (χ1n) is 10.6. The third kappa shape index (κ3) is 5.21. The van der Waals surface area contributed by atoms with Gasteiger partial charge < -0.3 is 30.7 Å². The van der Waals surface area contributed by atoms with E-state index < -0.39 is 35.9 Å². The second-order valence-corrected chi connectivity index (χ2v) is 9.97. The number of thioether (sulfide) groups is 1. The summed E-state index contributed by atoms with van der Waals surface area (Å²) in [5.74, 6) is 1.38. The highest BCUT2D eigenvalue weighted by Gasteiger charge is 2.47. The highest BCUT2D eigenvalue weighted by Crippen LogP contribution is 2.38. The van der Waals surface area contributed by atoms with E-state index in [9.17, 15) is 20.1 Å². The molecule has 5 N–H and O–H groups in total. The Balaban J connectivity index is 1.63. The second-order valence-electron chi connectivity index (χ2n) is 9.03. The molecule has 7 nitrogen and oxygen atoms in total. The summed E-state index contributed by atoms with van der Waals surface area (Å²) < 4.78 is 5.89. The van der Waals surface area contributed by atoms with E-state index in [1.807, 2.05) is 13.8 Å². The van der Waals surface area contributed by atoms with Crippen LogP contribution in [0.2, 0.25) is 0 Å². The number of amides is 1. The van der Waals surface area contributed by atoms with Gasteiger partial charge in [0.05, 0.1) is 12.1 Å². The molecule has 3 aliphatic rings. The summed E-state index contributed by atoms with van der Waals surface area (Å²) >= 11 is 1.28. The van der Waals surface area contributed by atoms with Crippen molar-refractivity contribution in [3.63, 3.8) is 0 Å². The number of hydrogen-bond donors (Lipinski definition) is 5. The molecule has 3 rings (SSSR count). The van der Waals surface area contributed by atoms with Crippen molar-refractivity contribution in [1.29, 1.82) is 0 Å². The van der Waals surface area contributed by atoms with E-state index in [1.54, 1.807) is 6.26 Å². The second kappa shape index (κ2) is 9.62. The van der Waals surface area contributed by atoms with E-state index in [4.69, 9.17) is 4.74 Å². The van der Waals surface area contributed by atoms with Crippen LogP contribution >= 0.6 is 11.8 Å². The molecule has 0 aromatic carbocycles. The predicted octanol–water partition coefficient (Wildman–Crippen LogP) is 0.466. The first-order valence-corrected chi connectivity index (χ1v) is 11.9. The molecule has 3 unspecified atom stereocenters. The van der Waals surface area contributed by atoms with Crippen molar-refractivity contribution in [2.75, 3.05) is 12.8 Å². The molecule has 0 aromatic rings. The topological polar surface area (TPSA) is 111 Å². The van der Waals surface area contributed by atoms with Gasteiger partial charge in [-0.05, 0) is 49.8 Å². The fraction of sp³-hybridized carbons (Fsp3) is 0.950. The Bertz CT molecular complexity index is 531. The van der Waals surface area contributed by atoms with Crippen LogP contribution in [-0.4, -0.2) is 76.0 Å². The van der Waals surface area contributed by atoms with Gasteiger partial charge in [0.2, 0.25) is 5.91 Å². The standard InChI is InChI=1S/C20H36N2O5S/c1-10(2)14(18-16(24)15(23)17(25)20(27-18)28-3)22-19(26)13-9-12(6-7-21-13)8-11-4-5-11/h10-18,20-21,23-25H,4-9H2,1-3H3,(H,22,26)/t12?,13?,14?,15-,16+,17+,18+,20+/m1/s1. The number of carbonyl (C=O) groups is 1. The quantitative estimate of drug-likeness (QED) is 0.410. The van der Waals surface area contributed by atoms with E-state index >= 15 is 0 Å². The van der Waals surface area contributed by atoms with Crippen LogP contribution in [0.25, 0.3) is 0 Å². The summed E-state index contributed by atoms with van der Waals surface area (Å²) in [4.78, 5) is 13.0. The lowest BCUT2D eigenvalue weighted by Gasteiger charge is -2.44. The molecule has 2 saturated heterocycles. The first-order chi connectivity index (χ1) is 13.3. The monoisotopic (exact) mass is 416 g/mol. The maximum atomic E-state index is 13.0. The van der Waals surface area contributed by atoms with E-state index in [2.05, 4.69) is 10.6 Å². The van der Waals surface area contributed by atoms with Crippen LogP contribution in [0.4, 0.5) is 0 Å². The van der Waals surface area contributed by atoms with Gasteiger partial charge in [0, 0.05) is 0 Å². The van der Waals surface area contributed by atoms with Crippen LogP contribution in [0.1, 0.15) is 46.0 Å². The fourth-order valence-electron chi connectivity index (χ4n) is 4.49. The van der Waals surface area contributed by atoms with E-state index in [0.717, 1.165) is 25.3 Å². The van der Waals surface area contributed by atoms with Crippen LogP contribution in [0.3, 0.4) is 0 Å². The summed E-state index contributed by atoms with van der Waals surface area (Å²) in [5, 5.41) is 37.2. The number of aliphatic hydroxyl groups is 3. The summed E-state index contributed by atoms with van der Waals surface area (Å²) in [6, 6.07) is -0.684. The third-order valence-electron chi connectivity index (χ3n) is 6.41. The van der Waals surface area contributed by atoms with Crippen LogP contribution in [-0.2, 0) is 9.53 Å². The van der Waals surface area contributed by atoms with Crippen LogP contribution in [0.15, 0.2) is 0 Å². The summed E-state index contributed by atoms with van der Waals surface area (Å²) in [6.45, 7) is 4.76. The van der Waals surface area contributed by atoms with Crippen molar-refractivity contribution < 1.29 is 24.9 Å². The number of nitrogens with one attached hydrogen (secondary N) is 2. The molecule has 0 spiro atoms. The predicted molar refractivity (Wildman–Crippen MR) is 109 cm³/mol. The summed E-state index contributed by atoms with van der Waals surface area (Å²) in [6.07, 6.45) is 3.15. The van der Waals surface area contributed by atoms with Crippen LogP contribution in [0, 0.1) is 17.8 Å². The van der Waals surface area contributed by atoms with Gasteiger partial charge in [-0.25, -0.2) is 0 Å². The highest BCUT2D eigenvalue weighted by molar-refractivity contribution is 7.99. The lowest BCUT2D eigenvalue weighted by Crippen LogP contribution is -2.65. The van der Waals surface area contributed by atoms with E-state index in [-0.39, 0.29) is 17.9 Å². The maximum Gasteiger partial charge on any atom is 0.237 e. The van der Waals surface area contributed by atoms with Crippen LogP contribution < -0.4 is 10.6 Å². The largest absolute Gasteiger partial charge is 0.388 e. The average Bonchev–Trinajstić information content (AvgIpc) is 3.49. The van der Waals surface area contributed by atoms with Gasteiger partial charge >= 0.3 is 0 Å². The molecule has 0 aromatic heterocycles. The minimum absolute atomic E-state index is 0.000555. The van der Waals surface area contributed by atoms with Crippen molar-refractivity contribution >= 4 is 17.7 Å². The van der Waals surface area contributed by atoms with Gasteiger partial charge in [-0.3, -0.25) is 4.79 Å². The van der Waals surface area contributed by atoms with Crippen molar-refractivity contribution in [1.82, 2.24) is 10.6 Å². The van der Waals surface area contributed by atoms with E-state index in [1.165, 1.54) is 31.0 Å². The number of ether oxygens (including phenoxy) is 1. The van der Waals surface area contributed by atoms with Crippen molar-refractivity contribution in [2.24, 2.45) is 17.8 Å². The highest BCUT2D eigenvalue weighted by atomic mass is 32.2. The van der Waals surface area contributed by atoms with Crippen molar-refractivity contribution in [3.8, 4) is 0 Å². The van der Waals surface area contributed by atoms with E-state index in [0.29, 0.717) is 5.92 Å². The molecular formula is C20H36N2O5S. The Labute approximate surface area is 172 Å². The Morgan fingerprint density at radius 2 is 1.86 bits per heavy atom. The minimum Gasteiger partial charge on any atom is -0.388 e. The zero-order valence-electron chi connectivity index (χ0n) is 17.1. The van der Waals surface area contributed by atoms with Gasteiger partial charge in [-0.2, -0.15) is 0 Å². The molecule has 1 saturated carbocycles. The Morgan fingerprint density at radius 1 is 1.14 bits per heavy atom. The minimum atomic E-state index is -1.30. The number of piperidine rings is 1. The van der Waals surface area contributed by atoms with Gasteiger partial charge in [-0.15, -0.1) is 11.8 Å². The van der Waals surface area contributed by atoms with Gasteiger partial charge in [0.15, 0.2) is 0 Å². The molecular weight excluding hydrogens is 380 g/mol. The molecule has 8 atom stereocenters. The molecule has 8 heteroatoms. The lowest BCUT2D eigenvalue weighted by atomic mass is 9.86. The smallest absolute Gasteiger partial charge is 0.237 e. The molecule has 3 fully saturated rings. The number of carbonyl (C=O) groups excluding carboxylic acids is 1. The van der Waals surface area contributed by atoms with Gasteiger partial charge in [0.1, 0.15) is 29.9 Å². The molecule has 1 aliphatic carbocycles. The first kappa shape index (κ1) is 22.3. The Kier molecular flexibility index (Phi) is 7.66. The SMILES string of the molecule is CS[C@@H]1O[C@@H](C(NC(=O)C2CC(CC3CC3)CCN2)C(C)C)[C@@H](O)[C@@H](O)[C@@H]1O. The average molecular weight is 417 g/mol. The van der Waals surface area contributed by atoms with Gasteiger partial charge in [0.25, 0.3) is 0 Å². The molecule has 0 radical (unpaired) electrons. The fourth-order valence-corrected chi connectivity index (χ4v) is 5.17. The van der Waals surface area contributed by atoms with Crippen molar-refractivity contribution in [2.45, 2.75) is 87.9 Å². The third-order valence-corrected chi connectivity index (χ3v) is 7.27. The molecule has 2 aliphatic heterocycles. The number of hydrogen-bond acceptors (Lipinski definition) is 7. The molecule has 1 amide bonds. The van der Waals surface area contributed by atoms with Crippen molar-refractivity contribution in [3.05, 3.63) is 0 Å². The summed E-state index contributed by atoms with van der Waals surface area (Å²) in [5.41, 5.74) is -0.641. The molecule has 28 heavy (non-hydrogen) atoms. The lowest BCUT2D eigenvalue weighted by molar-refractivity contribution is -0.208. The number of rotatable bonds is 7. The Morgan fingerprint density at radius 3 is 2.46 bits per heavy atom. The summed E-state index contributed by atoms with van der Waals surface area (Å²) in [7, 11) is 0. The maximum absolute atomic E-state index is 13.0. The van der Waals surface area contributed by atoms with Gasteiger partial charge in [-0.1, -0.05) is 26.7 Å². The normalized spacial score (nSPS) is 40.3. The van der Waals surface area contributed by atoms with Crippen LogP contribution in [0.5, 0.6) is 0 Å². The zero-order chi connectivity index (χ0) is 20.4. The molecule has 0 bridgehead atoms. The Hall–Kier alpha value is -0.380.